The summed E-state index contributed by atoms with van der Waals surface area (Å²) in [5, 5.41) is 10.4. The fraction of sp³-hybridized carbons (Fsp3) is 0.524. The molecule has 28 heavy (non-hydrogen) atoms. The molecule has 0 aliphatic carbocycles. The van der Waals surface area contributed by atoms with E-state index in [9.17, 15) is 4.79 Å². The van der Waals surface area contributed by atoms with E-state index in [4.69, 9.17) is 0 Å². The number of nitrogens with one attached hydrogen (secondary N) is 2. The number of likely N-dealkylation sites (tertiary alicyclic amines) is 2. The van der Waals surface area contributed by atoms with Gasteiger partial charge in [0.25, 0.3) is 5.91 Å². The van der Waals surface area contributed by atoms with Crippen LogP contribution >= 0.6 is 15.9 Å². The molecule has 2 aliphatic heterocycles. The zero-order valence-electron chi connectivity index (χ0n) is 16.3. The number of amides is 1. The third-order valence-corrected chi connectivity index (χ3v) is 6.56. The van der Waals surface area contributed by atoms with Gasteiger partial charge in [0.1, 0.15) is 5.69 Å². The normalized spacial score (nSPS) is 20.4. The van der Waals surface area contributed by atoms with Gasteiger partial charge in [0.15, 0.2) is 0 Å². The number of hydrogen-bond donors (Lipinski definition) is 2. The Labute approximate surface area is 174 Å². The van der Waals surface area contributed by atoms with Crippen molar-refractivity contribution in [1.29, 1.82) is 0 Å². The van der Waals surface area contributed by atoms with Gasteiger partial charge in [0.2, 0.25) is 0 Å². The number of H-pyrrole nitrogens is 1. The summed E-state index contributed by atoms with van der Waals surface area (Å²) < 4.78 is 1.02. The average Bonchev–Trinajstić information content (AvgIpc) is 3.20. The maximum absolute atomic E-state index is 12.6. The van der Waals surface area contributed by atoms with Crippen molar-refractivity contribution in [3.05, 3.63) is 40.5 Å². The van der Waals surface area contributed by atoms with Crippen LogP contribution in [0.5, 0.6) is 0 Å². The number of halogens is 1. The minimum Gasteiger partial charge on any atom is -0.348 e. The predicted octanol–water partition coefficient (Wildman–Crippen LogP) is 3.13. The molecular weight excluding hydrogens is 418 g/mol. The van der Waals surface area contributed by atoms with Crippen molar-refractivity contribution < 1.29 is 4.79 Å². The number of carbonyl (C=O) groups is 1. The van der Waals surface area contributed by atoms with E-state index in [1.807, 2.05) is 30.3 Å². The van der Waals surface area contributed by atoms with Gasteiger partial charge in [-0.3, -0.25) is 9.89 Å². The lowest BCUT2D eigenvalue weighted by Gasteiger charge is -2.41. The van der Waals surface area contributed by atoms with E-state index in [0.29, 0.717) is 11.7 Å². The van der Waals surface area contributed by atoms with Crippen molar-refractivity contribution in [3.63, 3.8) is 0 Å². The molecule has 4 rings (SSSR count). The third-order valence-electron chi connectivity index (χ3n) is 6.03. The van der Waals surface area contributed by atoms with Crippen LogP contribution in [0.15, 0.2) is 34.8 Å². The second-order valence-corrected chi connectivity index (χ2v) is 8.91. The van der Waals surface area contributed by atoms with Gasteiger partial charge in [-0.25, -0.2) is 0 Å². The van der Waals surface area contributed by atoms with Gasteiger partial charge in [-0.2, -0.15) is 5.10 Å². The first kappa shape index (κ1) is 19.6. The van der Waals surface area contributed by atoms with Crippen molar-refractivity contribution in [1.82, 2.24) is 25.3 Å². The maximum Gasteiger partial charge on any atom is 0.269 e. The summed E-state index contributed by atoms with van der Waals surface area (Å²) in [5.41, 5.74) is 2.30. The van der Waals surface area contributed by atoms with E-state index < -0.39 is 0 Å². The number of nitrogens with zero attached hydrogens (tertiary/aromatic N) is 3. The first-order valence-corrected chi connectivity index (χ1v) is 10.9. The quantitative estimate of drug-likeness (QED) is 0.758. The second kappa shape index (κ2) is 8.76. The highest BCUT2D eigenvalue weighted by molar-refractivity contribution is 9.10. The highest BCUT2D eigenvalue weighted by Crippen LogP contribution is 2.22. The molecule has 2 fully saturated rings. The highest BCUT2D eigenvalue weighted by Gasteiger charge is 2.28. The van der Waals surface area contributed by atoms with Crippen LogP contribution in [0.1, 0.15) is 36.2 Å². The Hall–Kier alpha value is -1.70. The van der Waals surface area contributed by atoms with Crippen LogP contribution in [0.25, 0.3) is 11.3 Å². The number of hydrogen-bond acceptors (Lipinski definition) is 4. The average molecular weight is 446 g/mol. The minimum atomic E-state index is -0.0615. The lowest BCUT2D eigenvalue weighted by Crippen LogP contribution is -2.50. The van der Waals surface area contributed by atoms with Gasteiger partial charge in [0, 0.05) is 35.2 Å². The molecule has 3 heterocycles. The van der Waals surface area contributed by atoms with Crippen molar-refractivity contribution in [3.8, 4) is 11.3 Å². The van der Waals surface area contributed by atoms with Gasteiger partial charge in [-0.1, -0.05) is 28.1 Å². The summed E-state index contributed by atoms with van der Waals surface area (Å²) in [7, 11) is 2.20. The largest absolute Gasteiger partial charge is 0.348 e. The Bertz CT molecular complexity index is 789. The van der Waals surface area contributed by atoms with Crippen LogP contribution in [-0.4, -0.2) is 71.2 Å². The lowest BCUT2D eigenvalue weighted by molar-refractivity contribution is 0.0804. The van der Waals surface area contributed by atoms with Crippen LogP contribution in [0.2, 0.25) is 0 Å². The van der Waals surface area contributed by atoms with Crippen molar-refractivity contribution >= 4 is 21.8 Å². The first-order valence-electron chi connectivity index (χ1n) is 10.1. The number of piperidine rings is 2. The molecule has 1 aromatic carbocycles. The molecule has 150 valence electrons. The van der Waals surface area contributed by atoms with Gasteiger partial charge in [0.05, 0.1) is 5.69 Å². The Morgan fingerprint density at radius 2 is 1.79 bits per heavy atom. The molecule has 0 unspecified atom stereocenters. The summed E-state index contributed by atoms with van der Waals surface area (Å²) in [6.45, 7) is 4.54. The zero-order valence-corrected chi connectivity index (χ0v) is 17.9. The van der Waals surface area contributed by atoms with Crippen LogP contribution in [0, 0.1) is 0 Å². The number of carbonyl (C=O) groups excluding carboxylic acids is 1. The fourth-order valence-corrected chi connectivity index (χ4v) is 4.50. The molecule has 6 nitrogen and oxygen atoms in total. The van der Waals surface area contributed by atoms with Gasteiger partial charge < -0.3 is 15.1 Å². The molecule has 0 spiro atoms. The Morgan fingerprint density at radius 1 is 1.11 bits per heavy atom. The Balaban J connectivity index is 1.28. The lowest BCUT2D eigenvalue weighted by atomic mass is 9.98. The summed E-state index contributed by atoms with van der Waals surface area (Å²) in [6, 6.07) is 10.7. The molecule has 0 saturated carbocycles. The Kier molecular flexibility index (Phi) is 6.13. The molecule has 0 radical (unpaired) electrons. The molecular formula is C21H28BrN5O. The Morgan fingerprint density at radius 3 is 2.46 bits per heavy atom. The second-order valence-electron chi connectivity index (χ2n) is 7.99. The molecule has 2 aromatic rings. The molecule has 0 atom stereocenters. The summed E-state index contributed by atoms with van der Waals surface area (Å²) in [4.78, 5) is 17.7. The number of aromatic amines is 1. The van der Waals surface area contributed by atoms with E-state index in [1.54, 1.807) is 0 Å². The van der Waals surface area contributed by atoms with Crippen LogP contribution in [0.3, 0.4) is 0 Å². The maximum atomic E-state index is 12.6. The predicted molar refractivity (Wildman–Crippen MR) is 114 cm³/mol. The molecule has 1 amide bonds. The molecule has 2 aliphatic rings. The highest BCUT2D eigenvalue weighted by atomic mass is 79.9. The standard InChI is InChI=1S/C21H28BrN5O/c1-26-10-8-18(9-11-26)27-12-6-17(7-13-27)23-21(28)20-14-19(24-25-20)15-2-4-16(22)5-3-15/h2-5,14,17-18H,6-13H2,1H3,(H,23,28)(H,24,25). The molecule has 1 aromatic heterocycles. The van der Waals surface area contributed by atoms with Crippen LogP contribution in [0.4, 0.5) is 0 Å². The summed E-state index contributed by atoms with van der Waals surface area (Å²) in [5.74, 6) is -0.0615. The van der Waals surface area contributed by atoms with Gasteiger partial charge in [-0.15, -0.1) is 0 Å². The number of aromatic nitrogens is 2. The molecule has 2 N–H and O–H groups in total. The number of rotatable bonds is 4. The third kappa shape index (κ3) is 4.64. The van der Waals surface area contributed by atoms with Crippen molar-refractivity contribution in [2.24, 2.45) is 0 Å². The van der Waals surface area contributed by atoms with E-state index in [0.717, 1.165) is 41.7 Å². The van der Waals surface area contributed by atoms with E-state index in [-0.39, 0.29) is 11.9 Å². The van der Waals surface area contributed by atoms with Crippen LogP contribution in [-0.2, 0) is 0 Å². The van der Waals surface area contributed by atoms with Crippen molar-refractivity contribution in [2.75, 3.05) is 33.2 Å². The smallest absolute Gasteiger partial charge is 0.269 e. The molecule has 2 saturated heterocycles. The van der Waals surface area contributed by atoms with E-state index in [1.165, 1.54) is 25.9 Å². The van der Waals surface area contributed by atoms with Gasteiger partial charge >= 0.3 is 0 Å². The topological polar surface area (TPSA) is 64.3 Å². The summed E-state index contributed by atoms with van der Waals surface area (Å²) in [6.07, 6.45) is 4.57. The molecule has 7 heteroatoms. The number of benzene rings is 1. The SMILES string of the molecule is CN1CCC(N2CCC(NC(=O)c3cc(-c4ccc(Br)cc4)n[nH]3)CC2)CC1. The van der Waals surface area contributed by atoms with E-state index in [2.05, 4.69) is 48.3 Å². The monoisotopic (exact) mass is 445 g/mol. The van der Waals surface area contributed by atoms with Crippen molar-refractivity contribution in [2.45, 2.75) is 37.8 Å². The van der Waals surface area contributed by atoms with Gasteiger partial charge in [-0.05, 0) is 64.0 Å². The zero-order chi connectivity index (χ0) is 19.5. The van der Waals surface area contributed by atoms with E-state index >= 15 is 0 Å². The molecule has 0 bridgehead atoms. The fourth-order valence-electron chi connectivity index (χ4n) is 4.24. The first-order chi connectivity index (χ1) is 13.6. The minimum absolute atomic E-state index is 0.0615. The summed E-state index contributed by atoms with van der Waals surface area (Å²) >= 11 is 3.44. The van der Waals surface area contributed by atoms with Crippen LogP contribution < -0.4 is 5.32 Å².